The van der Waals surface area contributed by atoms with Gasteiger partial charge < -0.3 is 30.1 Å². The highest BCUT2D eigenvalue weighted by Gasteiger charge is 2.62. The molecule has 2 aliphatic carbocycles. The van der Waals surface area contributed by atoms with E-state index in [4.69, 9.17) is 4.74 Å². The molecule has 0 spiro atoms. The summed E-state index contributed by atoms with van der Waals surface area (Å²) in [6.07, 6.45) is 1.78. The van der Waals surface area contributed by atoms with Crippen LogP contribution in [0.15, 0.2) is 12.7 Å². The van der Waals surface area contributed by atoms with Gasteiger partial charge in [0.15, 0.2) is 0 Å². The Morgan fingerprint density at radius 3 is 2.50 bits per heavy atom. The number of fused-ring (bicyclic) bond motifs is 1. The van der Waals surface area contributed by atoms with Gasteiger partial charge >= 0.3 is 6.09 Å². The summed E-state index contributed by atoms with van der Waals surface area (Å²) in [5.74, 6) is 0.891. The number of ether oxygens (including phenoxy) is 1. The zero-order valence-corrected chi connectivity index (χ0v) is 22.1. The van der Waals surface area contributed by atoms with E-state index >= 15 is 0 Å². The summed E-state index contributed by atoms with van der Waals surface area (Å²) in [7, 11) is 1.60. The molecule has 7 nitrogen and oxygen atoms in total. The fourth-order valence-corrected chi connectivity index (χ4v) is 6.46. The minimum Gasteiger partial charge on any atom is -0.443 e. The Morgan fingerprint density at radius 1 is 1.29 bits per heavy atom. The number of aliphatic hydroxyl groups excluding tert-OH is 3. The van der Waals surface area contributed by atoms with Gasteiger partial charge in [0.25, 0.3) is 0 Å². The average Bonchev–Trinajstić information content (AvgIpc) is 3.28. The van der Waals surface area contributed by atoms with E-state index in [9.17, 15) is 25.2 Å². The molecule has 34 heavy (non-hydrogen) atoms. The molecule has 0 saturated heterocycles. The molecule has 0 bridgehead atoms. The molecule has 0 aromatic heterocycles. The van der Waals surface area contributed by atoms with Crippen molar-refractivity contribution in [3.63, 3.8) is 0 Å². The van der Waals surface area contributed by atoms with Crippen molar-refractivity contribution in [2.45, 2.75) is 97.1 Å². The molecule has 2 saturated carbocycles. The highest BCUT2D eigenvalue weighted by molar-refractivity contribution is 5.67. The molecule has 0 aromatic carbocycles. The normalized spacial score (nSPS) is 39.1. The van der Waals surface area contributed by atoms with Gasteiger partial charge in [-0.1, -0.05) is 40.2 Å². The fraction of sp³-hybridized carbons (Fsp3) is 0.889. The summed E-state index contributed by atoms with van der Waals surface area (Å²) in [5, 5.41) is 43.6. The van der Waals surface area contributed by atoms with E-state index in [2.05, 4.69) is 27.4 Å². The van der Waals surface area contributed by atoms with E-state index in [-0.39, 0.29) is 36.2 Å². The van der Waals surface area contributed by atoms with Gasteiger partial charge in [0, 0.05) is 26.6 Å². The highest BCUT2D eigenvalue weighted by Crippen LogP contribution is 2.66. The third-order valence-corrected chi connectivity index (χ3v) is 8.77. The summed E-state index contributed by atoms with van der Waals surface area (Å²) in [4.78, 5) is 14.2. The highest BCUT2D eigenvalue weighted by atomic mass is 16.6. The van der Waals surface area contributed by atoms with Crippen LogP contribution in [-0.4, -0.2) is 75.5 Å². The van der Waals surface area contributed by atoms with Gasteiger partial charge in [-0.3, -0.25) is 0 Å². The van der Waals surface area contributed by atoms with Crippen molar-refractivity contribution >= 4 is 6.09 Å². The van der Waals surface area contributed by atoms with Gasteiger partial charge in [0.05, 0.1) is 12.2 Å². The molecule has 4 unspecified atom stereocenters. The number of likely N-dealkylation sites (N-methyl/N-ethyl adjacent to an activating group) is 1. The van der Waals surface area contributed by atoms with E-state index in [1.54, 1.807) is 13.1 Å². The van der Waals surface area contributed by atoms with E-state index < -0.39 is 30.0 Å². The third kappa shape index (κ3) is 6.34. The quantitative estimate of drug-likeness (QED) is 0.412. The topological polar surface area (TPSA) is 110 Å². The van der Waals surface area contributed by atoms with Crippen LogP contribution < -0.4 is 0 Å². The summed E-state index contributed by atoms with van der Waals surface area (Å²) >= 11 is 0. The summed E-state index contributed by atoms with van der Waals surface area (Å²) in [5.41, 5.74) is -1.73. The molecule has 2 rings (SSSR count). The monoisotopic (exact) mass is 483 g/mol. The SMILES string of the molecule is C=CCN(C)C(=O)O[C@H]1C(C)CC[C@H](C)C[C@@H]2C(C(CCCO)C(O)C[C@]1(O)[C@@H](C)O)C2(C)C. The molecule has 4 N–H and O–H groups in total. The van der Waals surface area contributed by atoms with Gasteiger partial charge in [0.1, 0.15) is 11.7 Å². The van der Waals surface area contributed by atoms with Crippen LogP contribution in [0.2, 0.25) is 0 Å². The Kier molecular flexibility index (Phi) is 10.0. The minimum absolute atomic E-state index is 0.0466. The number of carbonyl (C=O) groups is 1. The van der Waals surface area contributed by atoms with Crippen LogP contribution >= 0.6 is 0 Å². The fourth-order valence-electron chi connectivity index (χ4n) is 6.46. The first-order valence-corrected chi connectivity index (χ1v) is 13.0. The van der Waals surface area contributed by atoms with Crippen molar-refractivity contribution in [3.8, 4) is 0 Å². The van der Waals surface area contributed by atoms with Crippen molar-refractivity contribution in [2.75, 3.05) is 20.2 Å². The van der Waals surface area contributed by atoms with Gasteiger partial charge in [-0.25, -0.2) is 4.79 Å². The Balaban J connectivity index is 2.44. The summed E-state index contributed by atoms with van der Waals surface area (Å²) in [6.45, 7) is 14.2. The lowest BCUT2D eigenvalue weighted by molar-refractivity contribution is -0.180. The molecular formula is C27H49NO6. The van der Waals surface area contributed by atoms with Crippen LogP contribution in [0.1, 0.15) is 73.1 Å². The van der Waals surface area contributed by atoms with E-state index in [0.717, 1.165) is 19.3 Å². The first-order chi connectivity index (χ1) is 15.8. The van der Waals surface area contributed by atoms with Gasteiger partial charge in [-0.15, -0.1) is 6.58 Å². The molecule has 1 amide bonds. The molecular weight excluding hydrogens is 434 g/mol. The van der Waals surface area contributed by atoms with Crippen molar-refractivity contribution < 1.29 is 30.0 Å². The number of hydrogen-bond acceptors (Lipinski definition) is 6. The second-order valence-corrected chi connectivity index (χ2v) is 11.8. The predicted octanol–water partition coefficient (Wildman–Crippen LogP) is 3.59. The molecule has 7 heteroatoms. The molecule has 0 heterocycles. The van der Waals surface area contributed by atoms with Crippen LogP contribution in [0.3, 0.4) is 0 Å². The zero-order chi connectivity index (χ0) is 25.8. The number of nitrogens with zero attached hydrogens (tertiary/aromatic N) is 1. The van der Waals surface area contributed by atoms with Crippen LogP contribution in [0, 0.1) is 35.0 Å². The van der Waals surface area contributed by atoms with Crippen molar-refractivity contribution in [1.82, 2.24) is 4.90 Å². The number of amides is 1. The van der Waals surface area contributed by atoms with Gasteiger partial charge in [-0.2, -0.15) is 0 Å². The van der Waals surface area contributed by atoms with E-state index in [1.165, 1.54) is 11.8 Å². The molecule has 2 fully saturated rings. The molecule has 0 aliphatic heterocycles. The number of hydrogen-bond donors (Lipinski definition) is 4. The summed E-state index contributed by atoms with van der Waals surface area (Å²) in [6, 6.07) is 0. The zero-order valence-electron chi connectivity index (χ0n) is 22.1. The number of rotatable bonds is 7. The lowest BCUT2D eigenvalue weighted by Crippen LogP contribution is -2.58. The smallest absolute Gasteiger partial charge is 0.410 e. The molecule has 198 valence electrons. The van der Waals surface area contributed by atoms with Crippen molar-refractivity contribution in [1.29, 1.82) is 0 Å². The largest absolute Gasteiger partial charge is 0.443 e. The second kappa shape index (κ2) is 11.7. The van der Waals surface area contributed by atoms with E-state index in [0.29, 0.717) is 31.2 Å². The minimum atomic E-state index is -1.81. The average molecular weight is 484 g/mol. The molecule has 9 atom stereocenters. The Morgan fingerprint density at radius 2 is 1.94 bits per heavy atom. The lowest BCUT2D eigenvalue weighted by Gasteiger charge is -2.43. The van der Waals surface area contributed by atoms with E-state index in [1.807, 2.05) is 6.92 Å². The van der Waals surface area contributed by atoms with Crippen molar-refractivity contribution in [3.05, 3.63) is 12.7 Å². The molecule has 2 aliphatic rings. The first kappa shape index (κ1) is 29.1. The maximum absolute atomic E-state index is 12.8. The Hall–Kier alpha value is -1.15. The Bertz CT molecular complexity index is 682. The molecule has 0 radical (unpaired) electrons. The van der Waals surface area contributed by atoms with Crippen LogP contribution in [0.4, 0.5) is 4.79 Å². The van der Waals surface area contributed by atoms with Crippen LogP contribution in [-0.2, 0) is 4.74 Å². The lowest BCUT2D eigenvalue weighted by atomic mass is 9.74. The maximum atomic E-state index is 12.8. The first-order valence-electron chi connectivity index (χ1n) is 13.0. The standard InChI is InChI=1S/C27H49NO6/c1-8-13-28(7)25(32)34-24-18(3)12-11-17(2)15-21-23(26(21,5)6)20(10-9-14-29)22(31)16-27(24,33)19(4)30/h8,17-24,29-31,33H,1,9-16H2,2-7H3/t17-,18?,19+,20?,21+,22?,23?,24-,27-/m0/s1. The molecule has 0 aromatic rings. The predicted molar refractivity (Wildman–Crippen MR) is 133 cm³/mol. The van der Waals surface area contributed by atoms with Gasteiger partial charge in [0.2, 0.25) is 0 Å². The number of aliphatic hydroxyl groups is 4. The Labute approximate surface area is 206 Å². The summed E-state index contributed by atoms with van der Waals surface area (Å²) < 4.78 is 5.86. The van der Waals surface area contributed by atoms with Crippen LogP contribution in [0.25, 0.3) is 0 Å². The third-order valence-electron chi connectivity index (χ3n) is 8.77. The van der Waals surface area contributed by atoms with Gasteiger partial charge in [-0.05, 0) is 67.6 Å². The van der Waals surface area contributed by atoms with Crippen LogP contribution in [0.5, 0.6) is 0 Å². The van der Waals surface area contributed by atoms with Crippen molar-refractivity contribution in [2.24, 2.45) is 35.0 Å². The number of carbonyl (C=O) groups excluding carboxylic acids is 1. The maximum Gasteiger partial charge on any atom is 0.410 e. The second-order valence-electron chi connectivity index (χ2n) is 11.8.